The number of anilines is 1. The number of fused-ring (bicyclic) bond motifs is 1. The topological polar surface area (TPSA) is 64.2 Å². The highest BCUT2D eigenvalue weighted by Crippen LogP contribution is 2.24. The van der Waals surface area contributed by atoms with Gasteiger partial charge in [-0.3, -0.25) is 9.59 Å². The third-order valence-electron chi connectivity index (χ3n) is 4.60. The monoisotopic (exact) mass is 372 g/mol. The van der Waals surface area contributed by atoms with Gasteiger partial charge in [0.2, 0.25) is 11.7 Å². The van der Waals surface area contributed by atoms with E-state index in [2.05, 4.69) is 11.4 Å². The van der Waals surface area contributed by atoms with E-state index < -0.39 is 0 Å². The minimum atomic E-state index is -0.199. The normalized spacial score (nSPS) is 10.9. The molecule has 0 unspecified atom stereocenters. The third kappa shape index (κ3) is 3.47. The van der Waals surface area contributed by atoms with Gasteiger partial charge in [0.05, 0.1) is 11.8 Å². The van der Waals surface area contributed by atoms with Gasteiger partial charge in [-0.05, 0) is 55.3 Å². The lowest BCUT2D eigenvalue weighted by Crippen LogP contribution is -2.18. The molecule has 2 heterocycles. The Hall–Kier alpha value is -3.60. The second-order valence-corrected chi connectivity index (χ2v) is 6.92. The molecule has 0 saturated heterocycles. The maximum atomic E-state index is 12.8. The van der Waals surface area contributed by atoms with Crippen LogP contribution in [0.1, 0.15) is 27.2 Å². The molecule has 140 valence electrons. The smallest absolute Gasteiger partial charge is 0.244 e. The number of furan rings is 1. The predicted molar refractivity (Wildman–Crippen MR) is 109 cm³/mol. The molecular formula is C23H20N2O3. The summed E-state index contributed by atoms with van der Waals surface area (Å²) in [7, 11) is 0. The van der Waals surface area contributed by atoms with Crippen molar-refractivity contribution in [3.05, 3.63) is 89.5 Å². The quantitative estimate of drug-likeness (QED) is 0.516. The SMILES string of the molecule is Cc1cc(C)cc(NC(=O)Cn2cc(C(=O)c3ccco3)c3ccccc32)c1. The lowest BCUT2D eigenvalue weighted by atomic mass is 10.1. The fraction of sp³-hybridized carbons (Fsp3) is 0.130. The number of aryl methyl sites for hydroxylation is 2. The maximum Gasteiger partial charge on any atom is 0.244 e. The lowest BCUT2D eigenvalue weighted by Gasteiger charge is -2.09. The number of benzene rings is 2. The molecule has 4 aromatic rings. The molecule has 0 bridgehead atoms. The van der Waals surface area contributed by atoms with Crippen molar-refractivity contribution in [1.29, 1.82) is 0 Å². The van der Waals surface area contributed by atoms with Gasteiger partial charge < -0.3 is 14.3 Å². The zero-order chi connectivity index (χ0) is 19.7. The van der Waals surface area contributed by atoms with Crippen molar-refractivity contribution in [1.82, 2.24) is 4.57 Å². The molecule has 0 saturated carbocycles. The Morgan fingerprint density at radius 3 is 2.46 bits per heavy atom. The Morgan fingerprint density at radius 1 is 1.00 bits per heavy atom. The van der Waals surface area contributed by atoms with Crippen LogP contribution in [-0.2, 0) is 11.3 Å². The van der Waals surface area contributed by atoms with Crippen molar-refractivity contribution in [3.8, 4) is 0 Å². The number of carbonyl (C=O) groups excluding carboxylic acids is 2. The first kappa shape index (κ1) is 17.8. The Balaban J connectivity index is 1.63. The summed E-state index contributed by atoms with van der Waals surface area (Å²) in [6.45, 7) is 4.10. The number of nitrogens with one attached hydrogen (secondary N) is 1. The lowest BCUT2D eigenvalue weighted by molar-refractivity contribution is -0.116. The second-order valence-electron chi connectivity index (χ2n) is 6.92. The van der Waals surface area contributed by atoms with E-state index in [9.17, 15) is 9.59 Å². The average Bonchev–Trinajstić information content (AvgIpc) is 3.29. The third-order valence-corrected chi connectivity index (χ3v) is 4.60. The summed E-state index contributed by atoms with van der Waals surface area (Å²) >= 11 is 0. The molecular weight excluding hydrogens is 352 g/mol. The first-order chi connectivity index (χ1) is 13.5. The van der Waals surface area contributed by atoms with Crippen LogP contribution in [0.4, 0.5) is 5.69 Å². The molecule has 28 heavy (non-hydrogen) atoms. The summed E-state index contributed by atoms with van der Waals surface area (Å²) in [4.78, 5) is 25.4. The molecule has 1 amide bonds. The number of amides is 1. The van der Waals surface area contributed by atoms with Crippen LogP contribution in [0.15, 0.2) is 71.5 Å². The molecule has 5 nitrogen and oxygen atoms in total. The molecule has 0 radical (unpaired) electrons. The maximum absolute atomic E-state index is 12.8. The van der Waals surface area contributed by atoms with E-state index >= 15 is 0 Å². The minimum absolute atomic E-state index is 0.110. The van der Waals surface area contributed by atoms with E-state index in [4.69, 9.17) is 4.42 Å². The zero-order valence-electron chi connectivity index (χ0n) is 15.7. The van der Waals surface area contributed by atoms with Crippen LogP contribution in [0.25, 0.3) is 10.9 Å². The summed E-state index contributed by atoms with van der Waals surface area (Å²) in [6, 6.07) is 16.8. The molecule has 0 spiro atoms. The van der Waals surface area contributed by atoms with E-state index in [0.717, 1.165) is 27.7 Å². The number of aromatic nitrogens is 1. The molecule has 4 rings (SSSR count). The van der Waals surface area contributed by atoms with Gasteiger partial charge >= 0.3 is 0 Å². The van der Waals surface area contributed by atoms with Crippen molar-refractivity contribution in [2.24, 2.45) is 0 Å². The summed E-state index contributed by atoms with van der Waals surface area (Å²) in [5.41, 5.74) is 4.30. The van der Waals surface area contributed by atoms with E-state index in [0.29, 0.717) is 5.56 Å². The number of hydrogen-bond donors (Lipinski definition) is 1. The van der Waals surface area contributed by atoms with Gasteiger partial charge in [-0.25, -0.2) is 0 Å². The van der Waals surface area contributed by atoms with Gasteiger partial charge in [-0.1, -0.05) is 24.3 Å². The van der Waals surface area contributed by atoms with Crippen LogP contribution in [0.2, 0.25) is 0 Å². The van der Waals surface area contributed by atoms with Gasteiger partial charge in [0.25, 0.3) is 0 Å². The molecule has 0 aliphatic carbocycles. The standard InChI is InChI=1S/C23H20N2O3/c1-15-10-16(2)12-17(11-15)24-22(26)14-25-13-19(18-6-3-4-7-20(18)25)23(27)21-8-5-9-28-21/h3-13H,14H2,1-2H3,(H,24,26). The van der Waals surface area contributed by atoms with E-state index in [1.54, 1.807) is 22.9 Å². The van der Waals surface area contributed by atoms with Crippen LogP contribution >= 0.6 is 0 Å². The number of hydrogen-bond acceptors (Lipinski definition) is 3. The van der Waals surface area contributed by atoms with Crippen molar-refractivity contribution in [2.75, 3.05) is 5.32 Å². The number of carbonyl (C=O) groups is 2. The Labute approximate surface area is 162 Å². The summed E-state index contributed by atoms with van der Waals surface area (Å²) < 4.78 is 7.05. The largest absolute Gasteiger partial charge is 0.461 e. The summed E-state index contributed by atoms with van der Waals surface area (Å²) in [6.07, 6.45) is 3.19. The first-order valence-electron chi connectivity index (χ1n) is 9.05. The number of nitrogens with zero attached hydrogens (tertiary/aromatic N) is 1. The van der Waals surface area contributed by atoms with Crippen molar-refractivity contribution in [2.45, 2.75) is 20.4 Å². The van der Waals surface area contributed by atoms with Gasteiger partial charge in [-0.2, -0.15) is 0 Å². The molecule has 1 N–H and O–H groups in total. The fourth-order valence-electron chi connectivity index (χ4n) is 3.50. The van der Waals surface area contributed by atoms with E-state index in [1.165, 1.54) is 6.26 Å². The molecule has 0 aliphatic heterocycles. The molecule has 0 aliphatic rings. The molecule has 2 aromatic heterocycles. The van der Waals surface area contributed by atoms with Gasteiger partial charge in [0.15, 0.2) is 5.76 Å². The summed E-state index contributed by atoms with van der Waals surface area (Å²) in [5.74, 6) is -0.0694. The van der Waals surface area contributed by atoms with Gasteiger partial charge in [0.1, 0.15) is 6.54 Å². The van der Waals surface area contributed by atoms with Crippen molar-refractivity contribution < 1.29 is 14.0 Å². The first-order valence-corrected chi connectivity index (χ1v) is 9.05. The molecule has 0 fully saturated rings. The average molecular weight is 372 g/mol. The molecule has 5 heteroatoms. The van der Waals surface area contributed by atoms with Crippen molar-refractivity contribution in [3.63, 3.8) is 0 Å². The second kappa shape index (κ2) is 7.19. The number of rotatable bonds is 5. The van der Waals surface area contributed by atoms with Gasteiger partial charge in [-0.15, -0.1) is 0 Å². The highest BCUT2D eigenvalue weighted by Gasteiger charge is 2.19. The zero-order valence-corrected chi connectivity index (χ0v) is 15.7. The Bertz CT molecular complexity index is 1150. The van der Waals surface area contributed by atoms with E-state index in [-0.39, 0.29) is 24.0 Å². The van der Waals surface area contributed by atoms with E-state index in [1.807, 2.05) is 50.2 Å². The highest BCUT2D eigenvalue weighted by molar-refractivity contribution is 6.15. The van der Waals surface area contributed by atoms with Crippen LogP contribution in [0.5, 0.6) is 0 Å². The highest BCUT2D eigenvalue weighted by atomic mass is 16.3. The van der Waals surface area contributed by atoms with Crippen molar-refractivity contribution >= 4 is 28.3 Å². The van der Waals surface area contributed by atoms with Crippen LogP contribution in [-0.4, -0.2) is 16.3 Å². The van der Waals surface area contributed by atoms with Crippen LogP contribution in [0.3, 0.4) is 0 Å². The number of ketones is 1. The Kier molecular flexibility index (Phi) is 4.57. The minimum Gasteiger partial charge on any atom is -0.461 e. The fourth-order valence-corrected chi connectivity index (χ4v) is 3.50. The molecule has 2 aromatic carbocycles. The summed E-state index contributed by atoms with van der Waals surface area (Å²) in [5, 5.41) is 3.73. The number of para-hydroxylation sites is 1. The van der Waals surface area contributed by atoms with Crippen LogP contribution in [0, 0.1) is 13.8 Å². The molecule has 0 atom stereocenters. The van der Waals surface area contributed by atoms with Crippen LogP contribution < -0.4 is 5.32 Å². The Morgan fingerprint density at radius 2 is 1.75 bits per heavy atom. The predicted octanol–water partition coefficient (Wildman–Crippen LogP) is 4.72. The van der Waals surface area contributed by atoms with Gasteiger partial charge in [0, 0.05) is 22.8 Å².